The molecule has 7 heteroatoms. The molecule has 3 N–H and O–H groups in total. The van der Waals surface area contributed by atoms with E-state index in [1.165, 1.54) is 4.90 Å². The predicted octanol–water partition coefficient (Wildman–Crippen LogP) is 1.60. The largest absolute Gasteiger partial charge is 0.366 e. The zero-order chi connectivity index (χ0) is 18.8. The molecule has 1 aromatic carbocycles. The van der Waals surface area contributed by atoms with Crippen LogP contribution in [0.2, 0.25) is 0 Å². The summed E-state index contributed by atoms with van der Waals surface area (Å²) in [5, 5.41) is 2.75. The van der Waals surface area contributed by atoms with Gasteiger partial charge in [0.1, 0.15) is 0 Å². The molecule has 1 heterocycles. The number of nitrogens with one attached hydrogen (secondary N) is 1. The number of carbonyl (C=O) groups excluding carboxylic acids is 4. The molecule has 1 saturated carbocycles. The first-order chi connectivity index (χ1) is 12.4. The van der Waals surface area contributed by atoms with E-state index in [4.69, 9.17) is 5.73 Å². The zero-order valence-corrected chi connectivity index (χ0v) is 14.8. The van der Waals surface area contributed by atoms with Crippen LogP contribution in [-0.2, 0) is 14.4 Å². The molecular weight excluding hydrogens is 334 g/mol. The minimum Gasteiger partial charge on any atom is -0.366 e. The van der Waals surface area contributed by atoms with Gasteiger partial charge < -0.3 is 11.1 Å². The summed E-state index contributed by atoms with van der Waals surface area (Å²) in [5.41, 5.74) is 6.90. The molecule has 0 aromatic heterocycles. The number of hydrogen-bond donors (Lipinski definition) is 2. The molecular formula is C19H23N3O4. The normalized spacial score (nSPS) is 22.3. The van der Waals surface area contributed by atoms with Gasteiger partial charge in [-0.25, -0.2) is 0 Å². The molecule has 0 spiro atoms. The number of nitrogens with two attached hydrogens (primary N) is 1. The number of rotatable bonds is 5. The van der Waals surface area contributed by atoms with Crippen LogP contribution in [-0.4, -0.2) is 35.1 Å². The smallest absolute Gasteiger partial charge is 0.248 e. The van der Waals surface area contributed by atoms with E-state index in [2.05, 4.69) is 5.32 Å². The first kappa shape index (κ1) is 18.1. The van der Waals surface area contributed by atoms with Gasteiger partial charge in [-0.2, -0.15) is 0 Å². The number of hydrogen-bond acceptors (Lipinski definition) is 4. The van der Waals surface area contributed by atoms with Crippen molar-refractivity contribution in [3.8, 4) is 0 Å². The van der Waals surface area contributed by atoms with Gasteiger partial charge in [-0.15, -0.1) is 0 Å². The molecule has 26 heavy (non-hydrogen) atoms. The Morgan fingerprint density at radius 2 is 1.77 bits per heavy atom. The molecule has 0 bridgehead atoms. The van der Waals surface area contributed by atoms with Crippen molar-refractivity contribution < 1.29 is 19.2 Å². The van der Waals surface area contributed by atoms with E-state index < -0.39 is 5.91 Å². The first-order valence-electron chi connectivity index (χ1n) is 8.94. The summed E-state index contributed by atoms with van der Waals surface area (Å²) in [5.74, 6) is -1.45. The fourth-order valence-corrected chi connectivity index (χ4v) is 3.83. The van der Waals surface area contributed by atoms with Gasteiger partial charge >= 0.3 is 0 Å². The fraction of sp³-hybridized carbons (Fsp3) is 0.474. The van der Waals surface area contributed by atoms with Crippen molar-refractivity contribution in [3.05, 3.63) is 29.3 Å². The van der Waals surface area contributed by atoms with Crippen LogP contribution in [0.1, 0.15) is 48.0 Å². The lowest BCUT2D eigenvalue weighted by molar-refractivity contribution is -0.140. The predicted molar refractivity (Wildman–Crippen MR) is 95.1 cm³/mol. The van der Waals surface area contributed by atoms with Gasteiger partial charge in [0.2, 0.25) is 23.6 Å². The van der Waals surface area contributed by atoms with Crippen molar-refractivity contribution >= 4 is 29.3 Å². The van der Waals surface area contributed by atoms with Crippen LogP contribution in [0.5, 0.6) is 0 Å². The van der Waals surface area contributed by atoms with E-state index in [9.17, 15) is 19.2 Å². The number of fused-ring (bicyclic) bond motifs is 1. The van der Waals surface area contributed by atoms with Crippen LogP contribution >= 0.6 is 0 Å². The second-order valence-corrected chi connectivity index (χ2v) is 7.02. The van der Waals surface area contributed by atoms with Crippen LogP contribution in [0.3, 0.4) is 0 Å². The van der Waals surface area contributed by atoms with Crippen LogP contribution < -0.4 is 11.1 Å². The van der Waals surface area contributed by atoms with Crippen LogP contribution in [0.15, 0.2) is 18.2 Å². The van der Waals surface area contributed by atoms with Gasteiger partial charge in [0.15, 0.2) is 0 Å². The molecule has 1 saturated heterocycles. The first-order valence-corrected chi connectivity index (χ1v) is 8.94. The number of aryl methyl sites for hydroxylation is 1. The standard InChI is InChI=1S/C19H23N3O4/c1-11-10-12(17(20)24)6-7-15(11)21-16(23)8-9-22-18(25)13-4-2-3-5-14(13)19(22)26/h6-7,10,13-14H,2-5,8-9H2,1H3,(H2,20,24)(H,21,23)/t13-,14+. The summed E-state index contributed by atoms with van der Waals surface area (Å²) in [6.07, 6.45) is 3.55. The molecule has 1 aromatic rings. The second-order valence-electron chi connectivity index (χ2n) is 7.02. The van der Waals surface area contributed by atoms with Gasteiger partial charge in [0.25, 0.3) is 0 Å². The second kappa shape index (κ2) is 7.27. The molecule has 138 valence electrons. The Balaban J connectivity index is 1.58. The Hall–Kier alpha value is -2.70. The third-order valence-corrected chi connectivity index (χ3v) is 5.28. The minimum atomic E-state index is -0.529. The number of nitrogens with zero attached hydrogens (tertiary/aromatic N) is 1. The summed E-state index contributed by atoms with van der Waals surface area (Å²) >= 11 is 0. The van der Waals surface area contributed by atoms with E-state index in [1.54, 1.807) is 25.1 Å². The monoisotopic (exact) mass is 357 g/mol. The molecule has 2 atom stereocenters. The number of benzene rings is 1. The van der Waals surface area contributed by atoms with Crippen molar-refractivity contribution in [1.29, 1.82) is 0 Å². The van der Waals surface area contributed by atoms with E-state index in [0.717, 1.165) is 25.7 Å². The lowest BCUT2D eigenvalue weighted by Gasteiger charge is -2.19. The Morgan fingerprint density at radius 3 is 2.31 bits per heavy atom. The summed E-state index contributed by atoms with van der Waals surface area (Å²) in [7, 11) is 0. The summed E-state index contributed by atoms with van der Waals surface area (Å²) in [4.78, 5) is 49.5. The Labute approximate surface area is 151 Å². The Morgan fingerprint density at radius 1 is 1.15 bits per heavy atom. The molecule has 2 fully saturated rings. The van der Waals surface area contributed by atoms with E-state index >= 15 is 0 Å². The van der Waals surface area contributed by atoms with Crippen molar-refractivity contribution in [1.82, 2.24) is 4.90 Å². The molecule has 7 nitrogen and oxygen atoms in total. The number of imide groups is 1. The van der Waals surface area contributed by atoms with Gasteiger partial charge in [0.05, 0.1) is 11.8 Å². The third kappa shape index (κ3) is 3.47. The van der Waals surface area contributed by atoms with Crippen LogP contribution in [0, 0.1) is 18.8 Å². The summed E-state index contributed by atoms with van der Waals surface area (Å²) in [6, 6.07) is 4.77. The number of amides is 4. The molecule has 4 amide bonds. The van der Waals surface area contributed by atoms with Gasteiger partial charge in [0, 0.05) is 24.2 Å². The quantitative estimate of drug-likeness (QED) is 0.780. The SMILES string of the molecule is Cc1cc(C(N)=O)ccc1NC(=O)CCN1C(=O)[C@H]2CCCC[C@H]2C1=O. The highest BCUT2D eigenvalue weighted by Gasteiger charge is 2.47. The maximum atomic E-state index is 12.4. The number of carbonyl (C=O) groups is 4. The lowest BCUT2D eigenvalue weighted by Crippen LogP contribution is -2.34. The van der Waals surface area contributed by atoms with Crippen molar-refractivity contribution in [3.63, 3.8) is 0 Å². The Kier molecular flexibility index (Phi) is 5.06. The van der Waals surface area contributed by atoms with E-state index in [-0.39, 0.29) is 42.5 Å². The number of likely N-dealkylation sites (tertiary alicyclic amines) is 1. The average molecular weight is 357 g/mol. The Bertz CT molecular complexity index is 750. The lowest BCUT2D eigenvalue weighted by atomic mass is 9.81. The van der Waals surface area contributed by atoms with Gasteiger partial charge in [-0.3, -0.25) is 24.1 Å². The molecule has 2 aliphatic rings. The van der Waals surface area contributed by atoms with Crippen molar-refractivity contribution in [2.24, 2.45) is 17.6 Å². The highest BCUT2D eigenvalue weighted by molar-refractivity contribution is 6.05. The maximum absolute atomic E-state index is 12.4. The highest BCUT2D eigenvalue weighted by Crippen LogP contribution is 2.37. The van der Waals surface area contributed by atoms with Gasteiger partial charge in [-0.1, -0.05) is 12.8 Å². The number of anilines is 1. The van der Waals surface area contributed by atoms with E-state index in [1.807, 2.05) is 0 Å². The highest BCUT2D eigenvalue weighted by atomic mass is 16.2. The molecule has 0 unspecified atom stereocenters. The van der Waals surface area contributed by atoms with Crippen LogP contribution in [0.25, 0.3) is 0 Å². The average Bonchev–Trinajstić information content (AvgIpc) is 2.86. The van der Waals surface area contributed by atoms with E-state index in [0.29, 0.717) is 16.8 Å². The van der Waals surface area contributed by atoms with Crippen LogP contribution in [0.4, 0.5) is 5.69 Å². The molecule has 1 aliphatic heterocycles. The summed E-state index contributed by atoms with van der Waals surface area (Å²) < 4.78 is 0. The maximum Gasteiger partial charge on any atom is 0.248 e. The third-order valence-electron chi connectivity index (χ3n) is 5.28. The molecule has 3 rings (SSSR count). The van der Waals surface area contributed by atoms with Gasteiger partial charge in [-0.05, 0) is 43.5 Å². The van der Waals surface area contributed by atoms with Crippen molar-refractivity contribution in [2.75, 3.05) is 11.9 Å². The number of primary amides is 1. The molecule has 1 aliphatic carbocycles. The topological polar surface area (TPSA) is 110 Å². The summed E-state index contributed by atoms with van der Waals surface area (Å²) in [6.45, 7) is 1.87. The molecule has 0 radical (unpaired) electrons. The fourth-order valence-electron chi connectivity index (χ4n) is 3.83. The minimum absolute atomic E-state index is 0.0495. The van der Waals surface area contributed by atoms with Crippen molar-refractivity contribution in [2.45, 2.75) is 39.0 Å². The zero-order valence-electron chi connectivity index (χ0n) is 14.8.